The molecule has 8 heteroatoms. The van der Waals surface area contributed by atoms with Gasteiger partial charge in [0.15, 0.2) is 0 Å². The fourth-order valence-corrected chi connectivity index (χ4v) is 4.16. The van der Waals surface area contributed by atoms with Gasteiger partial charge in [-0.15, -0.1) is 0 Å². The first-order chi connectivity index (χ1) is 12.6. The van der Waals surface area contributed by atoms with E-state index in [1.165, 1.54) is 0 Å². The Kier molecular flexibility index (Phi) is 4.54. The van der Waals surface area contributed by atoms with Gasteiger partial charge in [0.2, 0.25) is 5.91 Å². The molecule has 0 aromatic carbocycles. The molecule has 0 unspecified atom stereocenters. The molecule has 0 saturated carbocycles. The van der Waals surface area contributed by atoms with Crippen LogP contribution < -0.4 is 4.90 Å². The number of methoxy groups -OCH3 is 1. The maximum absolute atomic E-state index is 12.8. The zero-order chi connectivity index (χ0) is 18.1. The first-order valence-electron chi connectivity index (χ1n) is 9.16. The van der Waals surface area contributed by atoms with Crippen molar-refractivity contribution in [3.05, 3.63) is 30.2 Å². The van der Waals surface area contributed by atoms with Crippen LogP contribution in [0.5, 0.6) is 0 Å². The number of nitrogens with zero attached hydrogens (tertiary/aromatic N) is 6. The summed E-state index contributed by atoms with van der Waals surface area (Å²) in [6, 6.07) is 4.00. The van der Waals surface area contributed by atoms with Gasteiger partial charge in [0.05, 0.1) is 37.0 Å². The van der Waals surface area contributed by atoms with Crippen molar-refractivity contribution in [2.24, 2.45) is 7.05 Å². The summed E-state index contributed by atoms with van der Waals surface area (Å²) in [5.41, 5.74) is 0.897. The van der Waals surface area contributed by atoms with Crippen molar-refractivity contribution in [3.8, 4) is 0 Å². The van der Waals surface area contributed by atoms with Crippen molar-refractivity contribution in [1.82, 2.24) is 24.5 Å². The molecule has 2 aliphatic rings. The van der Waals surface area contributed by atoms with Gasteiger partial charge in [-0.05, 0) is 18.9 Å². The van der Waals surface area contributed by atoms with E-state index in [1.807, 2.05) is 28.9 Å². The van der Waals surface area contributed by atoms with E-state index in [0.29, 0.717) is 19.6 Å². The molecule has 4 rings (SSSR count). The summed E-state index contributed by atoms with van der Waals surface area (Å²) >= 11 is 0. The highest BCUT2D eigenvalue weighted by molar-refractivity contribution is 5.94. The van der Waals surface area contributed by atoms with Crippen molar-refractivity contribution in [3.63, 3.8) is 0 Å². The van der Waals surface area contributed by atoms with Crippen LogP contribution in [0.15, 0.2) is 24.5 Å². The van der Waals surface area contributed by atoms with Crippen molar-refractivity contribution >= 4 is 11.7 Å². The molecule has 26 heavy (non-hydrogen) atoms. The van der Waals surface area contributed by atoms with Crippen LogP contribution >= 0.6 is 0 Å². The van der Waals surface area contributed by atoms with E-state index in [0.717, 1.165) is 44.0 Å². The minimum absolute atomic E-state index is 0.174. The van der Waals surface area contributed by atoms with Crippen LogP contribution in [0.3, 0.4) is 0 Å². The smallest absolute Gasteiger partial charge is 0.230 e. The Bertz CT molecular complexity index is 774. The monoisotopic (exact) mass is 358 g/mol. The first-order valence-corrected chi connectivity index (χ1v) is 9.16. The number of likely N-dealkylation sites (tertiary alicyclic amines) is 1. The van der Waals surface area contributed by atoms with Gasteiger partial charge in [-0.3, -0.25) is 19.3 Å². The third-order valence-electron chi connectivity index (χ3n) is 5.59. The number of anilines is 1. The Morgan fingerprint density at radius 3 is 2.77 bits per heavy atom. The van der Waals surface area contributed by atoms with Gasteiger partial charge in [0.1, 0.15) is 5.82 Å². The van der Waals surface area contributed by atoms with Crippen LogP contribution in [0.4, 0.5) is 5.82 Å². The molecule has 0 bridgehead atoms. The molecule has 0 radical (unpaired) electrons. The largest absolute Gasteiger partial charge is 0.383 e. The van der Waals surface area contributed by atoms with Crippen molar-refractivity contribution < 1.29 is 9.53 Å². The normalized spacial score (nSPS) is 19.9. The van der Waals surface area contributed by atoms with Gasteiger partial charge < -0.3 is 4.74 Å². The predicted molar refractivity (Wildman–Crippen MR) is 96.8 cm³/mol. The number of carbonyl (C=O) groups is 1. The Labute approximate surface area is 153 Å². The number of ether oxygens (including phenoxy) is 1. The zero-order valence-corrected chi connectivity index (χ0v) is 15.5. The van der Waals surface area contributed by atoms with Crippen LogP contribution in [-0.4, -0.2) is 63.7 Å². The summed E-state index contributed by atoms with van der Waals surface area (Å²) < 4.78 is 9.08. The molecule has 2 aromatic heterocycles. The molecule has 0 N–H and O–H groups in total. The Morgan fingerprint density at radius 1 is 1.27 bits per heavy atom. The second kappa shape index (κ2) is 6.85. The molecule has 1 amide bonds. The summed E-state index contributed by atoms with van der Waals surface area (Å²) in [5.74, 6) is 1.07. The fourth-order valence-electron chi connectivity index (χ4n) is 4.16. The topological polar surface area (TPSA) is 68.4 Å². The summed E-state index contributed by atoms with van der Waals surface area (Å²) in [7, 11) is 3.60. The van der Waals surface area contributed by atoms with Crippen molar-refractivity contribution in [2.75, 3.05) is 38.3 Å². The minimum atomic E-state index is -0.194. The highest BCUT2D eigenvalue weighted by Gasteiger charge is 2.45. The lowest BCUT2D eigenvalue weighted by atomic mass is 9.82. The maximum atomic E-state index is 12.8. The van der Waals surface area contributed by atoms with Crippen LogP contribution in [-0.2, 0) is 28.7 Å². The summed E-state index contributed by atoms with van der Waals surface area (Å²) in [4.78, 5) is 17.0. The molecule has 2 aromatic rings. The lowest BCUT2D eigenvalue weighted by Gasteiger charge is -2.46. The van der Waals surface area contributed by atoms with Crippen LogP contribution in [0.25, 0.3) is 0 Å². The van der Waals surface area contributed by atoms with Gasteiger partial charge in [-0.2, -0.15) is 10.2 Å². The van der Waals surface area contributed by atoms with Crippen LogP contribution in [0.1, 0.15) is 25.0 Å². The fraction of sp³-hybridized carbons (Fsp3) is 0.611. The van der Waals surface area contributed by atoms with Crippen LogP contribution in [0, 0.1) is 0 Å². The number of rotatable bonds is 5. The van der Waals surface area contributed by atoms with Gasteiger partial charge in [-0.1, -0.05) is 0 Å². The standard InChI is InChI=1S/C18H26N6O2/c1-21-8-4-15(20-21)14-22-9-5-18(6-10-22)13-17(25)23(11-12-26-2)16-3-7-19-24(16)18/h3-4,7-8H,5-6,9-14H2,1-2H3. The molecule has 1 spiro atoms. The Balaban J connectivity index is 1.48. The molecule has 4 heterocycles. The predicted octanol–water partition coefficient (Wildman–Crippen LogP) is 0.991. The van der Waals surface area contributed by atoms with Gasteiger partial charge in [0, 0.05) is 46.1 Å². The number of piperidine rings is 1. The number of aryl methyl sites for hydroxylation is 1. The van der Waals surface area contributed by atoms with Crippen LogP contribution in [0.2, 0.25) is 0 Å². The number of aromatic nitrogens is 4. The minimum Gasteiger partial charge on any atom is -0.383 e. The van der Waals surface area contributed by atoms with Crippen molar-refractivity contribution in [2.45, 2.75) is 31.3 Å². The van der Waals surface area contributed by atoms with Crippen molar-refractivity contribution in [1.29, 1.82) is 0 Å². The quantitative estimate of drug-likeness (QED) is 0.797. The molecule has 1 fully saturated rings. The summed E-state index contributed by atoms with van der Waals surface area (Å²) in [6.07, 6.45) is 6.15. The SMILES string of the molecule is COCCN1C(=O)CC2(CCN(Cc3ccn(C)n3)CC2)n2nccc21. The summed E-state index contributed by atoms with van der Waals surface area (Å²) in [6.45, 7) is 3.85. The number of carbonyl (C=O) groups excluding carboxylic acids is 1. The van der Waals surface area contributed by atoms with E-state index in [9.17, 15) is 4.79 Å². The lowest BCUT2D eigenvalue weighted by molar-refractivity contribution is -0.123. The number of hydrogen-bond acceptors (Lipinski definition) is 5. The van der Waals surface area contributed by atoms with E-state index < -0.39 is 0 Å². The summed E-state index contributed by atoms with van der Waals surface area (Å²) in [5, 5.41) is 9.06. The molecule has 2 aliphatic heterocycles. The van der Waals surface area contributed by atoms with E-state index in [2.05, 4.69) is 25.8 Å². The highest BCUT2D eigenvalue weighted by atomic mass is 16.5. The second-order valence-electron chi connectivity index (χ2n) is 7.30. The zero-order valence-electron chi connectivity index (χ0n) is 15.5. The molecule has 1 saturated heterocycles. The van der Waals surface area contributed by atoms with E-state index in [-0.39, 0.29) is 11.4 Å². The molecule has 0 atom stereocenters. The van der Waals surface area contributed by atoms with Gasteiger partial charge in [-0.25, -0.2) is 4.68 Å². The third-order valence-corrected chi connectivity index (χ3v) is 5.59. The number of hydrogen-bond donors (Lipinski definition) is 0. The second-order valence-corrected chi connectivity index (χ2v) is 7.30. The molecule has 8 nitrogen and oxygen atoms in total. The van der Waals surface area contributed by atoms with E-state index in [1.54, 1.807) is 13.3 Å². The lowest BCUT2D eigenvalue weighted by Crippen LogP contribution is -2.54. The van der Waals surface area contributed by atoms with Gasteiger partial charge in [0.25, 0.3) is 0 Å². The average molecular weight is 358 g/mol. The Morgan fingerprint density at radius 2 is 2.08 bits per heavy atom. The molecule has 140 valence electrons. The molecule has 0 aliphatic carbocycles. The van der Waals surface area contributed by atoms with Gasteiger partial charge >= 0.3 is 0 Å². The third kappa shape index (κ3) is 3.03. The van der Waals surface area contributed by atoms with E-state index >= 15 is 0 Å². The highest BCUT2D eigenvalue weighted by Crippen LogP contribution is 2.40. The molecular formula is C18H26N6O2. The average Bonchev–Trinajstić information content (AvgIpc) is 3.27. The Hall–Kier alpha value is -2.19. The number of amides is 1. The number of fused-ring (bicyclic) bond motifs is 2. The van der Waals surface area contributed by atoms with E-state index in [4.69, 9.17) is 4.74 Å². The molecular weight excluding hydrogens is 332 g/mol. The maximum Gasteiger partial charge on any atom is 0.230 e. The first kappa shape index (κ1) is 17.2.